The highest BCUT2D eigenvalue weighted by Crippen LogP contribution is 2.32. The maximum absolute atomic E-state index is 12.5. The molecule has 1 aromatic heterocycles. The molecular weight excluding hydrogens is 405 g/mol. The third-order valence-electron chi connectivity index (χ3n) is 2.59. The molecule has 0 saturated heterocycles. The molecule has 1 aromatic carbocycles. The number of hydrogen-bond acceptors (Lipinski definition) is 3. The van der Waals surface area contributed by atoms with Crippen molar-refractivity contribution in [3.63, 3.8) is 0 Å². The Hall–Kier alpha value is -0.110. The summed E-state index contributed by atoms with van der Waals surface area (Å²) in [5, 5.41) is 0.244. The van der Waals surface area contributed by atoms with Crippen molar-refractivity contribution in [3.8, 4) is 0 Å². The Kier molecular flexibility index (Phi) is 5.15. The molecule has 2 aromatic rings. The average molecular weight is 415 g/mol. The summed E-state index contributed by atoms with van der Waals surface area (Å²) in [6.07, 6.45) is 0. The molecule has 3 nitrogen and oxygen atoms in total. The summed E-state index contributed by atoms with van der Waals surface area (Å²) in [5.74, 6) is 0. The van der Waals surface area contributed by atoms with E-state index in [1.807, 2.05) is 12.1 Å². The number of sulfonamides is 1. The van der Waals surface area contributed by atoms with Crippen molar-refractivity contribution < 1.29 is 8.42 Å². The highest BCUT2D eigenvalue weighted by atomic mass is 79.9. The van der Waals surface area contributed by atoms with Crippen molar-refractivity contribution in [1.82, 2.24) is 4.31 Å². The Bertz CT molecular complexity index is 711. The molecule has 0 N–H and O–H groups in total. The minimum atomic E-state index is -3.73. The molecule has 0 saturated carbocycles. The van der Waals surface area contributed by atoms with Crippen molar-refractivity contribution >= 4 is 60.5 Å². The van der Waals surface area contributed by atoms with Gasteiger partial charge in [-0.1, -0.05) is 29.3 Å². The van der Waals surface area contributed by atoms with Crippen molar-refractivity contribution in [1.29, 1.82) is 0 Å². The second kappa shape index (κ2) is 6.34. The van der Waals surface area contributed by atoms with Gasteiger partial charge in [0.05, 0.1) is 13.8 Å². The van der Waals surface area contributed by atoms with E-state index in [-0.39, 0.29) is 21.5 Å². The Morgan fingerprint density at radius 1 is 1.20 bits per heavy atom. The Morgan fingerprint density at radius 2 is 1.80 bits per heavy atom. The first kappa shape index (κ1) is 16.3. The van der Waals surface area contributed by atoms with Gasteiger partial charge < -0.3 is 0 Å². The molecule has 1 heterocycles. The van der Waals surface area contributed by atoms with E-state index in [1.165, 1.54) is 34.8 Å². The van der Waals surface area contributed by atoms with E-state index in [4.69, 9.17) is 23.2 Å². The molecule has 0 atom stereocenters. The molecular formula is C12H10BrCl2NO2S2. The van der Waals surface area contributed by atoms with E-state index < -0.39 is 10.0 Å². The van der Waals surface area contributed by atoms with Crippen LogP contribution in [-0.4, -0.2) is 19.8 Å². The molecule has 0 fully saturated rings. The van der Waals surface area contributed by atoms with Crippen LogP contribution in [0.4, 0.5) is 0 Å². The van der Waals surface area contributed by atoms with E-state index in [0.717, 1.165) is 8.66 Å². The SMILES string of the molecule is CN(Cc1ccc(Br)s1)S(=O)(=O)c1c(Cl)cccc1Cl. The first-order chi connectivity index (χ1) is 9.32. The van der Waals surface area contributed by atoms with Crippen LogP contribution in [0.1, 0.15) is 4.88 Å². The van der Waals surface area contributed by atoms with Gasteiger partial charge >= 0.3 is 0 Å². The second-order valence-corrected chi connectivity index (χ2v) is 9.36. The Labute approximate surface area is 140 Å². The normalized spacial score (nSPS) is 12.1. The minimum absolute atomic E-state index is 0.0542. The van der Waals surface area contributed by atoms with Crippen LogP contribution in [0.2, 0.25) is 10.0 Å². The van der Waals surface area contributed by atoms with Crippen LogP contribution in [0, 0.1) is 0 Å². The molecule has 20 heavy (non-hydrogen) atoms. The third kappa shape index (κ3) is 3.37. The van der Waals surface area contributed by atoms with Gasteiger partial charge in [0, 0.05) is 18.5 Å². The molecule has 0 radical (unpaired) electrons. The van der Waals surface area contributed by atoms with E-state index in [2.05, 4.69) is 15.9 Å². The molecule has 0 aliphatic rings. The maximum atomic E-state index is 12.5. The summed E-state index contributed by atoms with van der Waals surface area (Å²) in [6, 6.07) is 8.38. The molecule has 0 aliphatic heterocycles. The summed E-state index contributed by atoms with van der Waals surface area (Å²) in [5.41, 5.74) is 0. The standard InChI is InChI=1S/C12H10BrCl2NO2S2/c1-16(7-8-5-6-11(13)19-8)20(17,18)12-9(14)3-2-4-10(12)15/h2-6H,7H2,1H3. The fourth-order valence-corrected chi connectivity index (χ4v) is 5.48. The first-order valence-corrected chi connectivity index (χ1v) is 9.27. The van der Waals surface area contributed by atoms with Gasteiger partial charge in [-0.3, -0.25) is 0 Å². The quantitative estimate of drug-likeness (QED) is 0.730. The third-order valence-corrected chi connectivity index (χ3v) is 6.96. The Morgan fingerprint density at radius 3 is 2.30 bits per heavy atom. The van der Waals surface area contributed by atoms with Crippen LogP contribution in [0.5, 0.6) is 0 Å². The fraction of sp³-hybridized carbons (Fsp3) is 0.167. The lowest BCUT2D eigenvalue weighted by Crippen LogP contribution is -2.26. The van der Waals surface area contributed by atoms with E-state index in [0.29, 0.717) is 0 Å². The predicted molar refractivity (Wildman–Crippen MR) is 87.1 cm³/mol. The van der Waals surface area contributed by atoms with E-state index in [1.54, 1.807) is 6.07 Å². The van der Waals surface area contributed by atoms with Gasteiger partial charge in [0.15, 0.2) is 0 Å². The molecule has 108 valence electrons. The van der Waals surface area contributed by atoms with Crippen molar-refractivity contribution in [2.75, 3.05) is 7.05 Å². The summed E-state index contributed by atoms with van der Waals surface area (Å²) in [6.45, 7) is 0.264. The van der Waals surface area contributed by atoms with Crippen LogP contribution in [0.25, 0.3) is 0 Å². The number of halogens is 3. The lowest BCUT2D eigenvalue weighted by atomic mass is 10.4. The molecule has 0 spiro atoms. The number of hydrogen-bond donors (Lipinski definition) is 0. The number of rotatable bonds is 4. The average Bonchev–Trinajstić information content (AvgIpc) is 2.74. The van der Waals surface area contributed by atoms with Gasteiger partial charge in [0.1, 0.15) is 4.90 Å². The lowest BCUT2D eigenvalue weighted by Gasteiger charge is -2.18. The second-order valence-electron chi connectivity index (χ2n) is 4.02. The molecule has 8 heteroatoms. The highest BCUT2D eigenvalue weighted by Gasteiger charge is 2.26. The zero-order valence-corrected chi connectivity index (χ0v) is 15.0. The lowest BCUT2D eigenvalue weighted by molar-refractivity contribution is 0.470. The van der Waals surface area contributed by atoms with Gasteiger partial charge in [-0.15, -0.1) is 11.3 Å². The molecule has 0 amide bonds. The summed E-state index contributed by atoms with van der Waals surface area (Å²) < 4.78 is 27.3. The van der Waals surface area contributed by atoms with Crippen LogP contribution < -0.4 is 0 Å². The zero-order chi connectivity index (χ0) is 14.9. The van der Waals surface area contributed by atoms with Crippen molar-refractivity contribution in [2.24, 2.45) is 0 Å². The number of thiophene rings is 1. The van der Waals surface area contributed by atoms with Gasteiger partial charge in [-0.05, 0) is 40.2 Å². The summed E-state index contributed by atoms with van der Waals surface area (Å²) in [4.78, 5) is 0.868. The molecule has 0 bridgehead atoms. The highest BCUT2D eigenvalue weighted by molar-refractivity contribution is 9.11. The minimum Gasteiger partial charge on any atom is -0.207 e. The van der Waals surface area contributed by atoms with Crippen molar-refractivity contribution in [3.05, 3.63) is 49.0 Å². The largest absolute Gasteiger partial charge is 0.246 e. The Balaban J connectivity index is 2.35. The van der Waals surface area contributed by atoms with Crippen LogP contribution >= 0.6 is 50.5 Å². The zero-order valence-electron chi connectivity index (χ0n) is 10.3. The monoisotopic (exact) mass is 413 g/mol. The smallest absolute Gasteiger partial charge is 0.207 e. The van der Waals surface area contributed by atoms with E-state index >= 15 is 0 Å². The van der Waals surface area contributed by atoms with Gasteiger partial charge in [0.2, 0.25) is 10.0 Å². The van der Waals surface area contributed by atoms with E-state index in [9.17, 15) is 8.42 Å². The van der Waals surface area contributed by atoms with Gasteiger partial charge in [-0.25, -0.2) is 8.42 Å². The van der Waals surface area contributed by atoms with Gasteiger partial charge in [0.25, 0.3) is 0 Å². The topological polar surface area (TPSA) is 37.4 Å². The van der Waals surface area contributed by atoms with Crippen LogP contribution in [0.15, 0.2) is 39.0 Å². The van der Waals surface area contributed by atoms with Gasteiger partial charge in [-0.2, -0.15) is 4.31 Å². The predicted octanol–water partition coefficient (Wildman–Crippen LogP) is 4.64. The molecule has 0 aliphatic carbocycles. The van der Waals surface area contributed by atoms with Crippen LogP contribution in [0.3, 0.4) is 0 Å². The molecule has 0 unspecified atom stereocenters. The fourth-order valence-electron chi connectivity index (χ4n) is 1.63. The summed E-state index contributed by atoms with van der Waals surface area (Å²) in [7, 11) is -2.23. The summed E-state index contributed by atoms with van der Waals surface area (Å²) >= 11 is 16.8. The number of nitrogens with zero attached hydrogens (tertiary/aromatic N) is 1. The maximum Gasteiger partial charge on any atom is 0.246 e. The first-order valence-electron chi connectivity index (χ1n) is 5.47. The molecule has 2 rings (SSSR count). The van der Waals surface area contributed by atoms with Crippen LogP contribution in [-0.2, 0) is 16.6 Å². The van der Waals surface area contributed by atoms with Crippen molar-refractivity contribution in [2.45, 2.75) is 11.4 Å². The number of benzene rings is 1.